The van der Waals surface area contributed by atoms with E-state index in [4.69, 9.17) is 11.5 Å². The fraction of sp³-hybridized carbons (Fsp3) is 1.00. The zero-order valence-corrected chi connectivity index (χ0v) is 9.83. The van der Waals surface area contributed by atoms with E-state index in [1.807, 2.05) is 0 Å². The predicted octanol–water partition coefficient (Wildman–Crippen LogP) is 2.41. The molecule has 0 aromatic heterocycles. The van der Waals surface area contributed by atoms with Crippen molar-refractivity contribution in [3.8, 4) is 0 Å². The molecule has 88 valence electrons. The lowest BCUT2D eigenvalue weighted by Crippen LogP contribution is -2.40. The van der Waals surface area contributed by atoms with Crippen molar-refractivity contribution in [2.24, 2.45) is 23.3 Å². The van der Waals surface area contributed by atoms with Gasteiger partial charge in [-0.2, -0.15) is 0 Å². The Morgan fingerprint density at radius 2 is 1.33 bits per heavy atom. The topological polar surface area (TPSA) is 52.0 Å². The SMILES string of the molecule is NC1CC(N)CC(CC2CCCCC2)C1. The van der Waals surface area contributed by atoms with Gasteiger partial charge in [0.2, 0.25) is 0 Å². The van der Waals surface area contributed by atoms with Gasteiger partial charge in [0.05, 0.1) is 0 Å². The third-order valence-corrected chi connectivity index (χ3v) is 4.27. The summed E-state index contributed by atoms with van der Waals surface area (Å²) in [7, 11) is 0. The predicted molar refractivity (Wildman–Crippen MR) is 64.5 cm³/mol. The van der Waals surface area contributed by atoms with Crippen LogP contribution in [0.25, 0.3) is 0 Å². The molecule has 2 aliphatic carbocycles. The minimum atomic E-state index is 0.377. The minimum Gasteiger partial charge on any atom is -0.328 e. The fourth-order valence-corrected chi connectivity index (χ4v) is 3.62. The Morgan fingerprint density at radius 3 is 1.93 bits per heavy atom. The van der Waals surface area contributed by atoms with E-state index >= 15 is 0 Å². The summed E-state index contributed by atoms with van der Waals surface area (Å²) in [6.07, 6.45) is 12.2. The van der Waals surface area contributed by atoms with E-state index in [1.54, 1.807) is 0 Å². The molecule has 0 radical (unpaired) electrons. The van der Waals surface area contributed by atoms with Crippen molar-refractivity contribution in [1.29, 1.82) is 0 Å². The largest absolute Gasteiger partial charge is 0.328 e. The molecule has 2 saturated carbocycles. The molecular weight excluding hydrogens is 184 g/mol. The van der Waals surface area contributed by atoms with Gasteiger partial charge in [0.15, 0.2) is 0 Å². The monoisotopic (exact) mass is 210 g/mol. The van der Waals surface area contributed by atoms with E-state index < -0.39 is 0 Å². The van der Waals surface area contributed by atoms with Crippen LogP contribution in [0.4, 0.5) is 0 Å². The van der Waals surface area contributed by atoms with Gasteiger partial charge < -0.3 is 11.5 Å². The van der Waals surface area contributed by atoms with E-state index in [-0.39, 0.29) is 0 Å². The molecule has 2 heteroatoms. The molecule has 0 aliphatic heterocycles. The van der Waals surface area contributed by atoms with Gasteiger partial charge in [0, 0.05) is 12.1 Å². The maximum absolute atomic E-state index is 6.04. The van der Waals surface area contributed by atoms with Crippen LogP contribution in [0.2, 0.25) is 0 Å². The Balaban J connectivity index is 1.77. The molecule has 15 heavy (non-hydrogen) atoms. The van der Waals surface area contributed by atoms with Crippen molar-refractivity contribution >= 4 is 0 Å². The second kappa shape index (κ2) is 5.31. The van der Waals surface area contributed by atoms with Gasteiger partial charge >= 0.3 is 0 Å². The lowest BCUT2D eigenvalue weighted by atomic mass is 9.75. The molecule has 2 atom stereocenters. The van der Waals surface area contributed by atoms with Crippen molar-refractivity contribution in [1.82, 2.24) is 0 Å². The number of hydrogen-bond donors (Lipinski definition) is 2. The van der Waals surface area contributed by atoms with Crippen LogP contribution in [0.5, 0.6) is 0 Å². The molecule has 4 N–H and O–H groups in total. The zero-order chi connectivity index (χ0) is 10.7. The fourth-order valence-electron chi connectivity index (χ4n) is 3.62. The highest BCUT2D eigenvalue weighted by molar-refractivity contribution is 4.84. The summed E-state index contributed by atoms with van der Waals surface area (Å²) >= 11 is 0. The van der Waals surface area contributed by atoms with Crippen molar-refractivity contribution in [2.45, 2.75) is 69.9 Å². The third kappa shape index (κ3) is 3.46. The molecular formula is C13H26N2. The summed E-state index contributed by atoms with van der Waals surface area (Å²) in [5.41, 5.74) is 12.1. The molecule has 0 saturated heterocycles. The van der Waals surface area contributed by atoms with E-state index in [9.17, 15) is 0 Å². The van der Waals surface area contributed by atoms with Crippen molar-refractivity contribution in [3.05, 3.63) is 0 Å². The van der Waals surface area contributed by atoms with Crippen molar-refractivity contribution in [2.75, 3.05) is 0 Å². The molecule has 0 heterocycles. The molecule has 2 nitrogen and oxygen atoms in total. The Morgan fingerprint density at radius 1 is 0.733 bits per heavy atom. The number of hydrogen-bond acceptors (Lipinski definition) is 2. The van der Waals surface area contributed by atoms with Crippen LogP contribution in [-0.2, 0) is 0 Å². The van der Waals surface area contributed by atoms with Gasteiger partial charge in [-0.1, -0.05) is 32.1 Å². The van der Waals surface area contributed by atoms with Crippen LogP contribution in [0, 0.1) is 11.8 Å². The molecule has 2 fully saturated rings. The highest BCUT2D eigenvalue weighted by Gasteiger charge is 2.27. The van der Waals surface area contributed by atoms with Crippen molar-refractivity contribution in [3.63, 3.8) is 0 Å². The van der Waals surface area contributed by atoms with Crippen molar-refractivity contribution < 1.29 is 0 Å². The summed E-state index contributed by atoms with van der Waals surface area (Å²) in [4.78, 5) is 0. The lowest BCUT2D eigenvalue weighted by molar-refractivity contribution is 0.217. The van der Waals surface area contributed by atoms with E-state index in [2.05, 4.69) is 0 Å². The Labute approximate surface area is 93.8 Å². The first-order valence-electron chi connectivity index (χ1n) is 6.75. The minimum absolute atomic E-state index is 0.377. The van der Waals surface area contributed by atoms with Crippen LogP contribution in [0.3, 0.4) is 0 Å². The average Bonchev–Trinajstić information content (AvgIpc) is 2.17. The van der Waals surface area contributed by atoms with Gasteiger partial charge in [-0.25, -0.2) is 0 Å². The van der Waals surface area contributed by atoms with Gasteiger partial charge in [0.1, 0.15) is 0 Å². The van der Waals surface area contributed by atoms with E-state index in [0.29, 0.717) is 12.1 Å². The Kier molecular flexibility index (Phi) is 4.04. The first kappa shape index (κ1) is 11.4. The van der Waals surface area contributed by atoms with Crippen LogP contribution in [-0.4, -0.2) is 12.1 Å². The van der Waals surface area contributed by atoms with Crippen LogP contribution >= 0.6 is 0 Å². The summed E-state index contributed by atoms with van der Waals surface area (Å²) in [5, 5.41) is 0. The van der Waals surface area contributed by atoms with E-state index in [1.165, 1.54) is 51.4 Å². The van der Waals surface area contributed by atoms with Gasteiger partial charge in [0.25, 0.3) is 0 Å². The Hall–Kier alpha value is -0.0800. The lowest BCUT2D eigenvalue weighted by Gasteiger charge is -2.34. The number of nitrogens with two attached hydrogens (primary N) is 2. The molecule has 2 aliphatic rings. The second-order valence-corrected chi connectivity index (χ2v) is 5.83. The summed E-state index contributed by atoms with van der Waals surface area (Å²) in [6, 6.07) is 0.754. The summed E-state index contributed by atoms with van der Waals surface area (Å²) < 4.78 is 0. The molecule has 0 aromatic carbocycles. The number of rotatable bonds is 2. The molecule has 2 unspecified atom stereocenters. The highest BCUT2D eigenvalue weighted by Crippen LogP contribution is 2.34. The maximum Gasteiger partial charge on any atom is 0.00562 e. The van der Waals surface area contributed by atoms with Gasteiger partial charge in [-0.05, 0) is 37.5 Å². The highest BCUT2D eigenvalue weighted by atomic mass is 14.7. The molecule has 0 aromatic rings. The van der Waals surface area contributed by atoms with E-state index in [0.717, 1.165) is 18.3 Å². The van der Waals surface area contributed by atoms with Gasteiger partial charge in [-0.3, -0.25) is 0 Å². The first-order valence-corrected chi connectivity index (χ1v) is 6.75. The summed E-state index contributed by atoms with van der Waals surface area (Å²) in [6.45, 7) is 0. The second-order valence-electron chi connectivity index (χ2n) is 5.83. The molecule has 0 amide bonds. The molecule has 2 rings (SSSR count). The smallest absolute Gasteiger partial charge is 0.00562 e. The standard InChI is InChI=1S/C13H26N2/c14-12-7-11(8-13(15)9-12)6-10-4-2-1-3-5-10/h10-13H,1-9,14-15H2. The normalized spacial score (nSPS) is 39.2. The quantitative estimate of drug-likeness (QED) is 0.735. The van der Waals surface area contributed by atoms with Gasteiger partial charge in [-0.15, -0.1) is 0 Å². The van der Waals surface area contributed by atoms with Crippen LogP contribution < -0.4 is 11.5 Å². The Bertz CT molecular complexity index is 177. The van der Waals surface area contributed by atoms with Crippen LogP contribution in [0.1, 0.15) is 57.8 Å². The third-order valence-electron chi connectivity index (χ3n) is 4.27. The molecule has 0 spiro atoms. The maximum atomic E-state index is 6.04. The molecule has 0 bridgehead atoms. The van der Waals surface area contributed by atoms with Crippen LogP contribution in [0.15, 0.2) is 0 Å². The zero-order valence-electron chi connectivity index (χ0n) is 9.83. The average molecular weight is 210 g/mol. The summed E-state index contributed by atoms with van der Waals surface area (Å²) in [5.74, 6) is 1.81. The first-order chi connectivity index (χ1) is 7.24.